The maximum atomic E-state index is 9.97. The Balaban J connectivity index is 2.54. The first kappa shape index (κ1) is 10.8. The highest BCUT2D eigenvalue weighted by Gasteiger charge is 2.10. The quantitative estimate of drug-likeness (QED) is 0.785. The predicted molar refractivity (Wildman–Crippen MR) is 66.7 cm³/mol. The van der Waals surface area contributed by atoms with Crippen LogP contribution < -0.4 is 0 Å². The van der Waals surface area contributed by atoms with Crippen LogP contribution in [-0.4, -0.2) is 10.1 Å². The summed E-state index contributed by atoms with van der Waals surface area (Å²) >= 11 is 0. The van der Waals surface area contributed by atoms with Crippen molar-refractivity contribution in [3.05, 3.63) is 41.7 Å². The monoisotopic (exact) mass is 215 g/mol. The van der Waals surface area contributed by atoms with Crippen LogP contribution >= 0.6 is 0 Å². The number of aromatic amines is 1. The van der Waals surface area contributed by atoms with Gasteiger partial charge in [-0.15, -0.1) is 0 Å². The number of H-pyrrole nitrogens is 1. The van der Waals surface area contributed by atoms with Crippen molar-refractivity contribution in [1.82, 2.24) is 4.98 Å². The lowest BCUT2D eigenvalue weighted by atomic mass is 9.94. The minimum absolute atomic E-state index is 0.346. The fourth-order valence-corrected chi connectivity index (χ4v) is 1.98. The van der Waals surface area contributed by atoms with Crippen molar-refractivity contribution in [2.24, 2.45) is 0 Å². The molecule has 0 aliphatic carbocycles. The minimum Gasteiger partial charge on any atom is -0.508 e. The lowest BCUT2D eigenvalue weighted by Gasteiger charge is -2.12. The summed E-state index contributed by atoms with van der Waals surface area (Å²) in [6.45, 7) is 6.25. The standard InChI is InChI=1S/C14H17NO/c1-9(2)12-6-10(3)13(7-14(12)16)11-4-5-15-8-11/h4-9,15-16H,1-3H3. The van der Waals surface area contributed by atoms with Crippen LogP contribution in [0.4, 0.5) is 0 Å². The normalized spacial score (nSPS) is 11.0. The number of aromatic hydroxyl groups is 1. The molecule has 0 spiro atoms. The van der Waals surface area contributed by atoms with Gasteiger partial charge in [0.25, 0.3) is 0 Å². The molecule has 0 aliphatic rings. The number of hydrogen-bond acceptors (Lipinski definition) is 1. The summed E-state index contributed by atoms with van der Waals surface area (Å²) in [5.41, 5.74) is 4.41. The molecule has 0 saturated carbocycles. The van der Waals surface area contributed by atoms with E-state index in [1.165, 1.54) is 5.56 Å². The molecule has 2 nitrogen and oxygen atoms in total. The second kappa shape index (κ2) is 4.05. The maximum Gasteiger partial charge on any atom is 0.119 e. The van der Waals surface area contributed by atoms with Crippen LogP contribution in [0.2, 0.25) is 0 Å². The van der Waals surface area contributed by atoms with Crippen molar-refractivity contribution in [3.8, 4) is 16.9 Å². The molecule has 1 aromatic carbocycles. The van der Waals surface area contributed by atoms with Crippen molar-refractivity contribution >= 4 is 0 Å². The third kappa shape index (κ3) is 1.83. The molecule has 0 aliphatic heterocycles. The van der Waals surface area contributed by atoms with E-state index in [1.54, 1.807) is 0 Å². The second-order valence-corrected chi connectivity index (χ2v) is 4.48. The zero-order valence-electron chi connectivity index (χ0n) is 9.91. The molecule has 0 unspecified atom stereocenters. The van der Waals surface area contributed by atoms with E-state index in [0.29, 0.717) is 11.7 Å². The molecular formula is C14H17NO. The van der Waals surface area contributed by atoms with Gasteiger partial charge in [0.15, 0.2) is 0 Å². The van der Waals surface area contributed by atoms with Crippen LogP contribution in [0.5, 0.6) is 5.75 Å². The second-order valence-electron chi connectivity index (χ2n) is 4.48. The van der Waals surface area contributed by atoms with Gasteiger partial charge in [-0.25, -0.2) is 0 Å². The van der Waals surface area contributed by atoms with Gasteiger partial charge in [0.1, 0.15) is 5.75 Å². The van der Waals surface area contributed by atoms with E-state index >= 15 is 0 Å². The molecule has 16 heavy (non-hydrogen) atoms. The van der Waals surface area contributed by atoms with Crippen LogP contribution in [0.1, 0.15) is 30.9 Å². The number of benzene rings is 1. The summed E-state index contributed by atoms with van der Waals surface area (Å²) in [6, 6.07) is 5.94. The fraction of sp³-hybridized carbons (Fsp3) is 0.286. The van der Waals surface area contributed by atoms with E-state index in [1.807, 2.05) is 24.5 Å². The Kier molecular flexibility index (Phi) is 2.73. The first-order valence-electron chi connectivity index (χ1n) is 5.56. The number of hydrogen-bond donors (Lipinski definition) is 2. The van der Waals surface area contributed by atoms with Crippen LogP contribution in [0, 0.1) is 6.92 Å². The maximum absolute atomic E-state index is 9.97. The van der Waals surface area contributed by atoms with Gasteiger partial charge in [-0.1, -0.05) is 19.9 Å². The number of phenolic OH excluding ortho intramolecular Hbond substituents is 1. The van der Waals surface area contributed by atoms with Gasteiger partial charge in [0, 0.05) is 12.4 Å². The topological polar surface area (TPSA) is 36.0 Å². The summed E-state index contributed by atoms with van der Waals surface area (Å²) in [5, 5.41) is 9.97. The number of nitrogens with one attached hydrogen (secondary N) is 1. The zero-order valence-corrected chi connectivity index (χ0v) is 9.91. The van der Waals surface area contributed by atoms with E-state index in [4.69, 9.17) is 0 Å². The van der Waals surface area contributed by atoms with Gasteiger partial charge in [0.2, 0.25) is 0 Å². The average Bonchev–Trinajstić information content (AvgIpc) is 2.73. The van der Waals surface area contributed by atoms with Crippen molar-refractivity contribution in [1.29, 1.82) is 0 Å². The number of aryl methyl sites for hydroxylation is 1. The third-order valence-electron chi connectivity index (χ3n) is 2.90. The highest BCUT2D eigenvalue weighted by molar-refractivity contribution is 5.69. The van der Waals surface area contributed by atoms with Crippen LogP contribution in [0.25, 0.3) is 11.1 Å². The molecule has 1 heterocycles. The Morgan fingerprint density at radius 2 is 2.00 bits per heavy atom. The molecule has 0 atom stereocenters. The van der Waals surface area contributed by atoms with Crippen LogP contribution in [0.15, 0.2) is 30.6 Å². The number of aromatic nitrogens is 1. The van der Waals surface area contributed by atoms with E-state index < -0.39 is 0 Å². The molecule has 2 heteroatoms. The molecule has 0 amide bonds. The third-order valence-corrected chi connectivity index (χ3v) is 2.90. The van der Waals surface area contributed by atoms with Gasteiger partial charge in [0.05, 0.1) is 0 Å². The summed E-state index contributed by atoms with van der Waals surface area (Å²) in [5.74, 6) is 0.732. The lowest BCUT2D eigenvalue weighted by Crippen LogP contribution is -1.91. The van der Waals surface area contributed by atoms with E-state index in [-0.39, 0.29) is 0 Å². The summed E-state index contributed by atoms with van der Waals surface area (Å²) in [4.78, 5) is 3.03. The van der Waals surface area contributed by atoms with Crippen molar-refractivity contribution < 1.29 is 5.11 Å². The van der Waals surface area contributed by atoms with E-state index in [9.17, 15) is 5.11 Å². The first-order chi connectivity index (χ1) is 7.59. The average molecular weight is 215 g/mol. The van der Waals surface area contributed by atoms with Crippen LogP contribution in [-0.2, 0) is 0 Å². The molecule has 0 radical (unpaired) electrons. The molecule has 2 aromatic rings. The number of phenols is 1. The van der Waals surface area contributed by atoms with Crippen molar-refractivity contribution in [2.75, 3.05) is 0 Å². The van der Waals surface area contributed by atoms with Crippen molar-refractivity contribution in [3.63, 3.8) is 0 Å². The molecule has 0 fully saturated rings. The van der Waals surface area contributed by atoms with Gasteiger partial charge < -0.3 is 10.1 Å². The fourth-order valence-electron chi connectivity index (χ4n) is 1.98. The summed E-state index contributed by atoms with van der Waals surface area (Å²) in [7, 11) is 0. The molecule has 2 rings (SSSR count). The SMILES string of the molecule is Cc1cc(C(C)C)c(O)cc1-c1cc[nH]c1. The summed E-state index contributed by atoms with van der Waals surface area (Å²) in [6.07, 6.45) is 3.83. The number of rotatable bonds is 2. The van der Waals surface area contributed by atoms with Gasteiger partial charge in [-0.3, -0.25) is 0 Å². The Bertz CT molecular complexity index is 484. The predicted octanol–water partition coefficient (Wildman–Crippen LogP) is 3.82. The molecule has 2 N–H and O–H groups in total. The minimum atomic E-state index is 0.346. The van der Waals surface area contributed by atoms with Gasteiger partial charge >= 0.3 is 0 Å². The van der Waals surface area contributed by atoms with Crippen molar-refractivity contribution in [2.45, 2.75) is 26.7 Å². The smallest absolute Gasteiger partial charge is 0.119 e. The highest BCUT2D eigenvalue weighted by atomic mass is 16.3. The zero-order chi connectivity index (χ0) is 11.7. The molecule has 0 saturated heterocycles. The van der Waals surface area contributed by atoms with Crippen LogP contribution in [0.3, 0.4) is 0 Å². The molecule has 0 bridgehead atoms. The molecule has 1 aromatic heterocycles. The Morgan fingerprint density at radius 1 is 1.25 bits per heavy atom. The highest BCUT2D eigenvalue weighted by Crippen LogP contribution is 2.33. The van der Waals surface area contributed by atoms with Gasteiger partial charge in [-0.05, 0) is 47.2 Å². The van der Waals surface area contributed by atoms with E-state index in [2.05, 4.69) is 31.8 Å². The Morgan fingerprint density at radius 3 is 2.56 bits per heavy atom. The molecule has 84 valence electrons. The molecular weight excluding hydrogens is 198 g/mol. The first-order valence-corrected chi connectivity index (χ1v) is 5.56. The largest absolute Gasteiger partial charge is 0.508 e. The summed E-state index contributed by atoms with van der Waals surface area (Å²) < 4.78 is 0. The lowest BCUT2D eigenvalue weighted by molar-refractivity contribution is 0.465. The Labute approximate surface area is 96.0 Å². The Hall–Kier alpha value is -1.70. The van der Waals surface area contributed by atoms with Gasteiger partial charge in [-0.2, -0.15) is 0 Å². The van der Waals surface area contributed by atoms with E-state index in [0.717, 1.165) is 16.7 Å².